The van der Waals surface area contributed by atoms with Gasteiger partial charge in [-0.3, -0.25) is 30.5 Å². The summed E-state index contributed by atoms with van der Waals surface area (Å²) in [5.41, 5.74) is 3.52. The molecular formula is C46H58ClF2N5O18S. The van der Waals surface area contributed by atoms with Gasteiger partial charge in [0.25, 0.3) is 5.91 Å². The van der Waals surface area contributed by atoms with E-state index in [1.54, 1.807) is 17.9 Å². The lowest BCUT2D eigenvalue weighted by molar-refractivity contribution is -0.493. The van der Waals surface area contributed by atoms with Crippen molar-refractivity contribution in [1.82, 2.24) is 25.6 Å². The molecule has 27 heteroatoms. The molecular weight excluding hydrogens is 1020 g/mol. The van der Waals surface area contributed by atoms with E-state index in [-0.39, 0.29) is 121 Å². The van der Waals surface area contributed by atoms with Crippen molar-refractivity contribution in [2.45, 2.75) is 70.1 Å². The maximum Gasteiger partial charge on any atom is 0.508 e. The number of benzene rings is 2. The molecule has 3 heterocycles. The van der Waals surface area contributed by atoms with Crippen molar-refractivity contribution in [3.63, 3.8) is 0 Å². The Morgan fingerprint density at radius 2 is 1.40 bits per heavy atom. The summed E-state index contributed by atoms with van der Waals surface area (Å²) in [7, 11) is -3.79. The molecule has 2 atom stereocenters. The van der Waals surface area contributed by atoms with Gasteiger partial charge in [0.15, 0.2) is 21.4 Å². The molecule has 2 amide bonds. The Hall–Kier alpha value is -5.36. The Morgan fingerprint density at radius 1 is 0.767 bits per heavy atom. The van der Waals surface area contributed by atoms with Crippen molar-refractivity contribution < 1.29 is 95.2 Å². The average molecular weight is 1070 g/mol. The molecule has 2 fully saturated rings. The predicted molar refractivity (Wildman–Crippen MR) is 247 cm³/mol. The van der Waals surface area contributed by atoms with Crippen molar-refractivity contribution in [3.8, 4) is 11.6 Å². The fraction of sp³-hybridized carbons (Fsp3) is 0.522. The van der Waals surface area contributed by atoms with Crippen LogP contribution < -0.4 is 9.47 Å². The van der Waals surface area contributed by atoms with Crippen molar-refractivity contribution in [2.24, 2.45) is 0 Å². The number of aromatic nitrogens is 1. The van der Waals surface area contributed by atoms with Crippen LogP contribution in [0.1, 0.15) is 54.4 Å². The molecule has 402 valence electrons. The Bertz CT molecular complexity index is 2470. The second-order valence-electron chi connectivity index (χ2n) is 16.8. The van der Waals surface area contributed by atoms with Crippen LogP contribution in [-0.4, -0.2) is 175 Å². The zero-order valence-electron chi connectivity index (χ0n) is 39.8. The summed E-state index contributed by atoms with van der Waals surface area (Å²) >= 11 is 5.91. The fourth-order valence-corrected chi connectivity index (χ4v) is 10.1. The first kappa shape index (κ1) is 56.9. The Labute approximate surface area is 423 Å². The highest BCUT2D eigenvalue weighted by Gasteiger charge is 2.51. The number of pyridine rings is 1. The number of carbonyl (C=O) groups is 3. The van der Waals surface area contributed by atoms with Crippen LogP contribution >= 0.6 is 11.6 Å². The minimum absolute atomic E-state index is 0.000525. The number of ether oxygens (including phenoxy) is 7. The molecule has 23 nitrogen and oxygen atoms in total. The minimum atomic E-state index is -3.79. The van der Waals surface area contributed by atoms with E-state index in [0.717, 1.165) is 17.7 Å². The normalized spacial score (nSPS) is 17.2. The third kappa shape index (κ3) is 17.1. The van der Waals surface area contributed by atoms with Crippen LogP contribution in [0.15, 0.2) is 54.2 Å². The SMILES string of the molecule is Cc1c(CN(C(=O)C2=C(c3ccc(CCCOc4c(F)ccc(F)c4Cl)cc3)CC3CS(=O)(=O)CC2N3C(=O)OCCOCCON(O)O)C2CC2)ccnc1OCCCOC(=O)OCCOCCON(O)O. The van der Waals surface area contributed by atoms with Gasteiger partial charge in [-0.25, -0.2) is 41.4 Å². The van der Waals surface area contributed by atoms with Crippen LogP contribution in [0.25, 0.3) is 5.57 Å². The lowest BCUT2D eigenvalue weighted by Gasteiger charge is -2.47. The van der Waals surface area contributed by atoms with E-state index in [1.807, 2.05) is 24.3 Å². The summed E-state index contributed by atoms with van der Waals surface area (Å²) in [6.07, 6.45) is 2.29. The highest BCUT2D eigenvalue weighted by molar-refractivity contribution is 7.91. The highest BCUT2D eigenvalue weighted by Crippen LogP contribution is 2.42. The molecule has 3 aromatic rings. The molecule has 1 saturated heterocycles. The largest absolute Gasteiger partial charge is 0.508 e. The number of halogens is 3. The van der Waals surface area contributed by atoms with E-state index < -0.39 is 73.3 Å². The van der Waals surface area contributed by atoms with Gasteiger partial charge in [0.2, 0.25) is 5.88 Å². The summed E-state index contributed by atoms with van der Waals surface area (Å²) in [4.78, 5) is 57.4. The van der Waals surface area contributed by atoms with Gasteiger partial charge in [-0.15, -0.1) is 0 Å². The van der Waals surface area contributed by atoms with Crippen molar-refractivity contribution in [3.05, 3.63) is 93.1 Å². The summed E-state index contributed by atoms with van der Waals surface area (Å²) in [6.45, 7) is 1.13. The molecule has 2 bridgehead atoms. The molecule has 1 aromatic heterocycles. The quantitative estimate of drug-likeness (QED) is 0.0298. The van der Waals surface area contributed by atoms with Crippen LogP contribution in [0.5, 0.6) is 11.6 Å². The minimum Gasteiger partial charge on any atom is -0.489 e. The maximum absolute atomic E-state index is 15.3. The average Bonchev–Trinajstić information content (AvgIpc) is 4.19. The number of sulfone groups is 1. The summed E-state index contributed by atoms with van der Waals surface area (Å²) in [6, 6.07) is 8.60. The number of amides is 2. The van der Waals surface area contributed by atoms with Gasteiger partial charge in [-0.1, -0.05) is 35.9 Å². The number of hydrogen-bond donors (Lipinski definition) is 4. The van der Waals surface area contributed by atoms with Gasteiger partial charge >= 0.3 is 12.2 Å². The zero-order chi connectivity index (χ0) is 52.5. The lowest BCUT2D eigenvalue weighted by atomic mass is 9.84. The number of nitrogens with zero attached hydrogens (tertiary/aromatic N) is 5. The standard InChI is InChI=1S/C46H58ClF2N5O18S/c1-30-33(13-14-50-43(30)67-16-3-17-69-46(57)70-23-19-65-21-25-72-54(60)61)27-51(34-9-10-34)44(55)40-36(32-7-5-31(6-8-32)4-2-15-66-42-38(49)12-11-37(48)41(42)47)26-35-28-73(62,63)29-39(40)52(35)45(56)68-22-18-64-20-24-71-53(58)59/h5-8,11-14,34-35,39,58-61H,2-4,9-10,15-29H2,1H3. The summed E-state index contributed by atoms with van der Waals surface area (Å²) in [5.74, 6) is -3.08. The Balaban J connectivity index is 1.16. The van der Waals surface area contributed by atoms with Crippen molar-refractivity contribution in [2.75, 3.05) is 84.2 Å². The molecule has 4 N–H and O–H groups in total. The smallest absolute Gasteiger partial charge is 0.489 e. The van der Waals surface area contributed by atoms with Crippen LogP contribution in [0.3, 0.4) is 0 Å². The van der Waals surface area contributed by atoms with Gasteiger partial charge in [0.1, 0.15) is 24.1 Å². The third-order valence-electron chi connectivity index (χ3n) is 11.7. The van der Waals surface area contributed by atoms with Gasteiger partial charge in [0.05, 0.1) is 93.8 Å². The van der Waals surface area contributed by atoms with E-state index in [1.165, 1.54) is 11.1 Å². The Morgan fingerprint density at radius 3 is 2.07 bits per heavy atom. The van der Waals surface area contributed by atoms with Crippen molar-refractivity contribution in [1.29, 1.82) is 0 Å². The molecule has 2 aliphatic heterocycles. The van der Waals surface area contributed by atoms with E-state index in [9.17, 15) is 26.8 Å². The summed E-state index contributed by atoms with van der Waals surface area (Å²) < 4.78 is 92.8. The maximum atomic E-state index is 15.3. The van der Waals surface area contributed by atoms with E-state index >= 15 is 4.79 Å². The molecule has 6 rings (SSSR count). The molecule has 3 aliphatic rings. The number of carbonyl (C=O) groups excluding carboxylic acids is 3. The van der Waals surface area contributed by atoms with Crippen LogP contribution in [0.2, 0.25) is 5.02 Å². The first-order valence-electron chi connectivity index (χ1n) is 23.2. The molecule has 1 saturated carbocycles. The molecule has 0 spiro atoms. The number of fused-ring (bicyclic) bond motifs is 2. The van der Waals surface area contributed by atoms with Gasteiger partial charge in [-0.2, -0.15) is 0 Å². The second-order valence-corrected chi connectivity index (χ2v) is 19.3. The lowest BCUT2D eigenvalue weighted by Crippen LogP contribution is -2.61. The topological polar surface area (TPSA) is 275 Å². The van der Waals surface area contributed by atoms with Gasteiger partial charge < -0.3 is 38.1 Å². The first-order chi connectivity index (χ1) is 35.0. The Kier molecular flexibility index (Phi) is 21.7. The molecule has 1 aliphatic carbocycles. The van der Waals surface area contributed by atoms with E-state index in [0.29, 0.717) is 47.9 Å². The van der Waals surface area contributed by atoms with Crippen LogP contribution in [-0.2, 0) is 61.0 Å². The summed E-state index contributed by atoms with van der Waals surface area (Å²) in [5, 5.41) is 33.0. The van der Waals surface area contributed by atoms with E-state index in [4.69, 9.17) is 65.6 Å². The van der Waals surface area contributed by atoms with Gasteiger partial charge in [-0.05, 0) is 79.5 Å². The molecule has 0 radical (unpaired) electrons. The zero-order valence-corrected chi connectivity index (χ0v) is 41.3. The molecule has 2 aromatic carbocycles. The van der Waals surface area contributed by atoms with Crippen LogP contribution in [0.4, 0.5) is 18.4 Å². The second kappa shape index (κ2) is 27.8. The molecule has 73 heavy (non-hydrogen) atoms. The van der Waals surface area contributed by atoms with E-state index in [2.05, 4.69) is 14.7 Å². The van der Waals surface area contributed by atoms with Crippen molar-refractivity contribution >= 4 is 45.2 Å². The number of aryl methyl sites for hydroxylation is 1. The molecule has 2 unspecified atom stereocenters. The van der Waals surface area contributed by atoms with Crippen LogP contribution in [0, 0.1) is 18.6 Å². The first-order valence-corrected chi connectivity index (χ1v) is 25.4. The fourth-order valence-electron chi connectivity index (χ4n) is 8.12. The highest BCUT2D eigenvalue weighted by atomic mass is 35.5. The number of hydrogen-bond acceptors (Lipinski definition) is 21. The third-order valence-corrected chi connectivity index (χ3v) is 13.7. The van der Waals surface area contributed by atoms with Gasteiger partial charge in [0, 0.05) is 36.3 Å². The number of rotatable bonds is 29. The predicted octanol–water partition coefficient (Wildman–Crippen LogP) is 5.27. The monoisotopic (exact) mass is 1070 g/mol.